The van der Waals surface area contributed by atoms with Crippen molar-refractivity contribution in [3.05, 3.63) is 60.2 Å². The van der Waals surface area contributed by atoms with Gasteiger partial charge in [-0.3, -0.25) is 0 Å². The number of aromatic nitrogens is 3. The molecule has 1 aromatic heterocycles. The number of hydrogen-bond acceptors (Lipinski definition) is 3. The molecule has 2 aromatic carbocycles. The number of para-hydroxylation sites is 1. The maximum absolute atomic E-state index is 5.90. The van der Waals surface area contributed by atoms with Crippen molar-refractivity contribution in [2.75, 3.05) is 0 Å². The van der Waals surface area contributed by atoms with Gasteiger partial charge in [-0.25, -0.2) is 4.68 Å². The van der Waals surface area contributed by atoms with Gasteiger partial charge in [-0.2, -0.15) is 0 Å². The Morgan fingerprint density at radius 3 is 2.63 bits per heavy atom. The van der Waals surface area contributed by atoms with Crippen LogP contribution in [0.15, 0.2) is 54.6 Å². The van der Waals surface area contributed by atoms with E-state index in [1.807, 2.05) is 47.1 Å². The van der Waals surface area contributed by atoms with E-state index in [1.165, 1.54) is 5.56 Å². The van der Waals surface area contributed by atoms with Crippen molar-refractivity contribution in [2.45, 2.75) is 18.8 Å². The second kappa shape index (κ2) is 3.65. The van der Waals surface area contributed by atoms with Gasteiger partial charge in [0.2, 0.25) is 0 Å². The van der Waals surface area contributed by atoms with Gasteiger partial charge in [-0.05, 0) is 24.6 Å². The van der Waals surface area contributed by atoms with Gasteiger partial charge < -0.3 is 4.74 Å². The number of nitrogens with zero attached hydrogens (tertiary/aromatic N) is 3. The molecule has 0 spiro atoms. The highest BCUT2D eigenvalue weighted by atomic mass is 16.6. The Morgan fingerprint density at radius 1 is 1.05 bits per heavy atom. The van der Waals surface area contributed by atoms with Crippen LogP contribution in [0.2, 0.25) is 0 Å². The van der Waals surface area contributed by atoms with Gasteiger partial charge in [-0.15, -0.1) is 5.10 Å². The molecule has 0 saturated carbocycles. The topological polar surface area (TPSA) is 43.2 Å². The smallest absolute Gasteiger partial charge is 0.186 e. The molecule has 1 aliphatic heterocycles. The number of rotatable bonds is 2. The monoisotopic (exact) mass is 251 g/mol. The molecule has 3 aromatic rings. The molecule has 19 heavy (non-hydrogen) atoms. The van der Waals surface area contributed by atoms with E-state index in [4.69, 9.17) is 4.74 Å². The largest absolute Gasteiger partial charge is 0.337 e. The van der Waals surface area contributed by atoms with Gasteiger partial charge in [0.05, 0.1) is 5.52 Å². The fraction of sp³-hybridized carbons (Fsp3) is 0.200. The highest BCUT2D eigenvalue weighted by molar-refractivity contribution is 5.74. The first-order valence-corrected chi connectivity index (χ1v) is 6.32. The minimum Gasteiger partial charge on any atom is -0.337 e. The zero-order valence-corrected chi connectivity index (χ0v) is 10.5. The molecule has 1 fully saturated rings. The van der Waals surface area contributed by atoms with Crippen LogP contribution in [0, 0.1) is 0 Å². The van der Waals surface area contributed by atoms with Crippen LogP contribution < -0.4 is 0 Å². The Hall–Kier alpha value is -2.20. The SMILES string of the molecule is CC1(c2ccccc2)OC1n1nnc2ccccc21. The third-order valence-corrected chi connectivity index (χ3v) is 3.72. The molecule has 4 heteroatoms. The van der Waals surface area contributed by atoms with Gasteiger partial charge >= 0.3 is 0 Å². The molecule has 1 aliphatic rings. The van der Waals surface area contributed by atoms with Gasteiger partial charge in [0.15, 0.2) is 6.23 Å². The third kappa shape index (κ3) is 1.50. The lowest BCUT2D eigenvalue weighted by atomic mass is 10.0. The number of ether oxygens (including phenoxy) is 1. The number of epoxide rings is 1. The summed E-state index contributed by atoms with van der Waals surface area (Å²) in [6.07, 6.45) is -0.0812. The first-order chi connectivity index (χ1) is 9.29. The molecule has 2 unspecified atom stereocenters. The van der Waals surface area contributed by atoms with Crippen LogP contribution in [0.3, 0.4) is 0 Å². The van der Waals surface area contributed by atoms with Crippen molar-refractivity contribution in [3.8, 4) is 0 Å². The first kappa shape index (κ1) is 10.7. The molecule has 2 heterocycles. The summed E-state index contributed by atoms with van der Waals surface area (Å²) in [5.41, 5.74) is 2.76. The average molecular weight is 251 g/mol. The van der Waals surface area contributed by atoms with Crippen LogP contribution in [0.1, 0.15) is 18.7 Å². The molecule has 0 radical (unpaired) electrons. The lowest BCUT2D eigenvalue weighted by Crippen LogP contribution is -2.09. The molecule has 4 nitrogen and oxygen atoms in total. The third-order valence-electron chi connectivity index (χ3n) is 3.72. The van der Waals surface area contributed by atoms with E-state index >= 15 is 0 Å². The molecule has 4 rings (SSSR count). The van der Waals surface area contributed by atoms with Crippen LogP contribution in [0.5, 0.6) is 0 Å². The zero-order valence-electron chi connectivity index (χ0n) is 10.5. The zero-order chi connectivity index (χ0) is 12.9. The minimum absolute atomic E-state index is 0.0812. The predicted molar refractivity (Wildman–Crippen MR) is 71.4 cm³/mol. The quantitative estimate of drug-likeness (QED) is 0.658. The molecule has 0 aliphatic carbocycles. The second-order valence-electron chi connectivity index (χ2n) is 4.97. The fourth-order valence-corrected chi connectivity index (χ4v) is 2.52. The summed E-state index contributed by atoms with van der Waals surface area (Å²) in [7, 11) is 0. The highest BCUT2D eigenvalue weighted by Crippen LogP contribution is 2.53. The molecular weight excluding hydrogens is 238 g/mol. The summed E-state index contributed by atoms with van der Waals surface area (Å²) in [4.78, 5) is 0. The first-order valence-electron chi connectivity index (χ1n) is 6.32. The molecule has 1 saturated heterocycles. The van der Waals surface area contributed by atoms with Crippen molar-refractivity contribution in [1.82, 2.24) is 15.0 Å². The maximum atomic E-state index is 5.90. The van der Waals surface area contributed by atoms with Crippen molar-refractivity contribution < 1.29 is 4.74 Å². The maximum Gasteiger partial charge on any atom is 0.186 e. The Balaban J connectivity index is 1.77. The van der Waals surface area contributed by atoms with Crippen molar-refractivity contribution >= 4 is 11.0 Å². The van der Waals surface area contributed by atoms with E-state index in [9.17, 15) is 0 Å². The van der Waals surface area contributed by atoms with Crippen molar-refractivity contribution in [3.63, 3.8) is 0 Å². The summed E-state index contributed by atoms with van der Waals surface area (Å²) in [5.74, 6) is 0. The second-order valence-corrected chi connectivity index (χ2v) is 4.97. The van der Waals surface area contributed by atoms with Crippen LogP contribution in [-0.4, -0.2) is 15.0 Å². The summed E-state index contributed by atoms with van der Waals surface area (Å²) in [6.45, 7) is 2.09. The summed E-state index contributed by atoms with van der Waals surface area (Å²) >= 11 is 0. The molecular formula is C15H13N3O. The van der Waals surface area contributed by atoms with Crippen LogP contribution >= 0.6 is 0 Å². The Kier molecular flexibility index (Phi) is 2.05. The normalized spacial score (nSPS) is 25.6. The highest BCUT2D eigenvalue weighted by Gasteiger charge is 2.56. The van der Waals surface area contributed by atoms with E-state index in [1.54, 1.807) is 0 Å². The predicted octanol–water partition coefficient (Wildman–Crippen LogP) is 2.88. The standard InChI is InChI=1S/C15H13N3O/c1-15(11-7-3-2-4-8-11)14(19-15)18-13-10-6-5-9-12(13)16-17-18/h2-10,14H,1H3. The van der Waals surface area contributed by atoms with E-state index in [2.05, 4.69) is 29.4 Å². The van der Waals surface area contributed by atoms with E-state index in [0.29, 0.717) is 0 Å². The van der Waals surface area contributed by atoms with E-state index in [-0.39, 0.29) is 11.8 Å². The lowest BCUT2D eigenvalue weighted by Gasteiger charge is -2.06. The Labute approximate surface area is 110 Å². The van der Waals surface area contributed by atoms with E-state index in [0.717, 1.165) is 11.0 Å². The lowest BCUT2D eigenvalue weighted by molar-refractivity contribution is 0.287. The molecule has 0 bridgehead atoms. The number of hydrogen-bond donors (Lipinski definition) is 0. The Bertz CT molecular complexity index is 737. The van der Waals surface area contributed by atoms with Crippen molar-refractivity contribution in [1.29, 1.82) is 0 Å². The van der Waals surface area contributed by atoms with Crippen LogP contribution in [-0.2, 0) is 10.3 Å². The summed E-state index contributed by atoms with van der Waals surface area (Å²) < 4.78 is 7.77. The van der Waals surface area contributed by atoms with Gasteiger partial charge in [0, 0.05) is 0 Å². The molecule has 0 amide bonds. The minimum atomic E-state index is -0.308. The summed E-state index contributed by atoms with van der Waals surface area (Å²) in [6, 6.07) is 18.2. The number of benzene rings is 2. The molecule has 0 N–H and O–H groups in total. The Morgan fingerprint density at radius 2 is 1.79 bits per heavy atom. The average Bonchev–Trinajstić information content (AvgIpc) is 2.98. The van der Waals surface area contributed by atoms with Gasteiger partial charge in [0.25, 0.3) is 0 Å². The molecule has 2 atom stereocenters. The molecule has 94 valence electrons. The van der Waals surface area contributed by atoms with Crippen molar-refractivity contribution in [2.24, 2.45) is 0 Å². The fourth-order valence-electron chi connectivity index (χ4n) is 2.52. The van der Waals surface area contributed by atoms with Gasteiger partial charge in [0.1, 0.15) is 11.1 Å². The van der Waals surface area contributed by atoms with Crippen LogP contribution in [0.25, 0.3) is 11.0 Å². The summed E-state index contributed by atoms with van der Waals surface area (Å²) in [5, 5.41) is 8.39. The van der Waals surface area contributed by atoms with E-state index < -0.39 is 0 Å². The van der Waals surface area contributed by atoms with Crippen LogP contribution in [0.4, 0.5) is 0 Å². The number of fused-ring (bicyclic) bond motifs is 1. The van der Waals surface area contributed by atoms with Gasteiger partial charge in [-0.1, -0.05) is 47.7 Å².